The quantitative estimate of drug-likeness (QED) is 0.574. The molecule has 0 amide bonds. The summed E-state index contributed by atoms with van der Waals surface area (Å²) < 4.78 is 12.1. The number of benzene rings is 1. The monoisotopic (exact) mass is 439 g/mol. The van der Waals surface area contributed by atoms with Gasteiger partial charge in [-0.05, 0) is 119 Å². The molecule has 0 bridgehead atoms. The lowest BCUT2D eigenvalue weighted by Gasteiger charge is -2.54. The van der Waals surface area contributed by atoms with Gasteiger partial charge in [-0.3, -0.25) is 4.79 Å². The summed E-state index contributed by atoms with van der Waals surface area (Å²) in [5.41, 5.74) is 2.88. The number of likely N-dealkylation sites (tertiary alicyclic amines) is 1. The van der Waals surface area contributed by atoms with Gasteiger partial charge in [-0.2, -0.15) is 0 Å². The number of esters is 1. The summed E-state index contributed by atoms with van der Waals surface area (Å²) in [5.74, 6) is 3.18. The fraction of sp³-hybridized carbons (Fsp3) is 0.750. The molecule has 4 heteroatoms. The van der Waals surface area contributed by atoms with Gasteiger partial charge in [-0.15, -0.1) is 0 Å². The Bertz CT molecular complexity index is 860. The summed E-state index contributed by atoms with van der Waals surface area (Å²) in [4.78, 5) is 15.6. The lowest BCUT2D eigenvalue weighted by atomic mass is 9.53. The molecule has 176 valence electrons. The maximum absolute atomic E-state index is 13.3. The molecule has 4 aliphatic rings. The van der Waals surface area contributed by atoms with Crippen LogP contribution in [0.1, 0.15) is 82.3 Å². The zero-order valence-corrected chi connectivity index (χ0v) is 20.5. The van der Waals surface area contributed by atoms with E-state index in [-0.39, 0.29) is 22.9 Å². The lowest BCUT2D eigenvalue weighted by Crippen LogP contribution is -2.53. The Morgan fingerprint density at radius 2 is 1.91 bits per heavy atom. The Hall–Kier alpha value is -1.55. The molecule has 1 aromatic rings. The first-order chi connectivity index (χ1) is 15.4. The van der Waals surface area contributed by atoms with E-state index in [1.54, 1.807) is 12.7 Å². The first kappa shape index (κ1) is 22.3. The van der Waals surface area contributed by atoms with Crippen LogP contribution in [-0.2, 0) is 16.0 Å². The van der Waals surface area contributed by atoms with E-state index in [9.17, 15) is 4.79 Å². The van der Waals surface area contributed by atoms with Gasteiger partial charge in [-0.25, -0.2) is 0 Å². The number of nitrogens with zero attached hydrogens (tertiary/aromatic N) is 1. The van der Waals surface area contributed by atoms with Gasteiger partial charge >= 0.3 is 5.97 Å². The third-order valence-corrected chi connectivity index (χ3v) is 10.1. The van der Waals surface area contributed by atoms with Gasteiger partial charge in [0, 0.05) is 5.41 Å². The van der Waals surface area contributed by atoms with Crippen molar-refractivity contribution in [3.05, 3.63) is 29.3 Å². The molecule has 3 fully saturated rings. The van der Waals surface area contributed by atoms with E-state index in [0.717, 1.165) is 50.9 Å². The molecule has 32 heavy (non-hydrogen) atoms. The number of rotatable bonds is 4. The standard InChI is InChI=1S/C28H41NO3/c1-5-28(32-26(30)19-12-16-29(3)17-13-19)15-11-25-24-8-6-20-18-21(31-4)7-9-22(20)23(24)10-14-27(25,28)2/h7,9,18-19,23-25H,5-6,8,10-17H2,1-4H3/t23-,24-,25+,27+,28?/m1/s1. The van der Waals surface area contributed by atoms with E-state index in [1.807, 2.05) is 0 Å². The fourth-order valence-corrected chi connectivity index (χ4v) is 8.12. The second-order valence-corrected chi connectivity index (χ2v) is 11.3. The number of carbonyl (C=O) groups is 1. The Morgan fingerprint density at radius 1 is 1.12 bits per heavy atom. The molecule has 0 radical (unpaired) electrons. The molecule has 1 saturated heterocycles. The Morgan fingerprint density at radius 3 is 2.62 bits per heavy atom. The molecule has 3 aliphatic carbocycles. The summed E-state index contributed by atoms with van der Waals surface area (Å²) in [5, 5.41) is 0. The van der Waals surface area contributed by atoms with Crippen molar-refractivity contribution in [3.8, 4) is 5.75 Å². The molecule has 5 atom stereocenters. The molecular weight excluding hydrogens is 398 g/mol. The van der Waals surface area contributed by atoms with E-state index in [4.69, 9.17) is 9.47 Å². The van der Waals surface area contributed by atoms with Crippen molar-refractivity contribution in [2.75, 3.05) is 27.2 Å². The number of ether oxygens (including phenoxy) is 2. The van der Waals surface area contributed by atoms with E-state index in [1.165, 1.54) is 31.2 Å². The average Bonchev–Trinajstić information content (AvgIpc) is 3.11. The van der Waals surface area contributed by atoms with Gasteiger partial charge in [0.1, 0.15) is 11.4 Å². The zero-order chi connectivity index (χ0) is 22.5. The largest absolute Gasteiger partial charge is 0.497 e. The molecule has 1 aliphatic heterocycles. The number of aryl methyl sites for hydroxylation is 1. The molecular formula is C28H41NO3. The van der Waals surface area contributed by atoms with Crippen LogP contribution in [0.15, 0.2) is 18.2 Å². The molecule has 4 nitrogen and oxygen atoms in total. The predicted molar refractivity (Wildman–Crippen MR) is 127 cm³/mol. The van der Waals surface area contributed by atoms with Gasteiger partial charge in [0.2, 0.25) is 0 Å². The van der Waals surface area contributed by atoms with Gasteiger partial charge < -0.3 is 14.4 Å². The van der Waals surface area contributed by atoms with E-state index in [2.05, 4.69) is 44.0 Å². The summed E-state index contributed by atoms with van der Waals surface area (Å²) in [6.45, 7) is 6.74. The van der Waals surface area contributed by atoms with Crippen molar-refractivity contribution < 1.29 is 14.3 Å². The third-order valence-electron chi connectivity index (χ3n) is 10.1. The summed E-state index contributed by atoms with van der Waals surface area (Å²) in [6.07, 6.45) is 9.87. The fourth-order valence-electron chi connectivity index (χ4n) is 8.12. The van der Waals surface area contributed by atoms with Crippen molar-refractivity contribution in [1.29, 1.82) is 0 Å². The molecule has 0 spiro atoms. The summed E-state index contributed by atoms with van der Waals surface area (Å²) >= 11 is 0. The second-order valence-electron chi connectivity index (χ2n) is 11.3. The second kappa shape index (κ2) is 8.34. The number of carbonyl (C=O) groups excluding carboxylic acids is 1. The number of hydrogen-bond donors (Lipinski definition) is 0. The lowest BCUT2D eigenvalue weighted by molar-refractivity contribution is -0.187. The Kier molecular flexibility index (Phi) is 5.80. The average molecular weight is 440 g/mol. The third kappa shape index (κ3) is 3.40. The van der Waals surface area contributed by atoms with Crippen molar-refractivity contribution in [2.24, 2.45) is 23.2 Å². The molecule has 1 unspecified atom stereocenters. The Labute approximate surface area is 194 Å². The van der Waals surface area contributed by atoms with Gasteiger partial charge in [0.05, 0.1) is 13.0 Å². The topological polar surface area (TPSA) is 38.8 Å². The number of methoxy groups -OCH3 is 1. The summed E-state index contributed by atoms with van der Waals surface area (Å²) in [7, 11) is 3.91. The minimum Gasteiger partial charge on any atom is -0.497 e. The molecule has 5 rings (SSSR count). The SMILES string of the molecule is CCC1(OC(=O)C2CCN(C)CC2)CC[C@H]2[C@@H]3CCc4cc(OC)ccc4[C@H]3CC[C@@]21C. The molecule has 2 saturated carbocycles. The number of fused-ring (bicyclic) bond motifs is 5. The molecule has 1 aromatic carbocycles. The number of piperidine rings is 1. The van der Waals surface area contributed by atoms with Gasteiger partial charge in [0.25, 0.3) is 0 Å². The van der Waals surface area contributed by atoms with Crippen molar-refractivity contribution in [1.82, 2.24) is 4.90 Å². The normalized spacial score (nSPS) is 37.3. The Balaban J connectivity index is 1.37. The van der Waals surface area contributed by atoms with Crippen LogP contribution < -0.4 is 4.74 Å². The van der Waals surface area contributed by atoms with Crippen LogP contribution in [0.25, 0.3) is 0 Å². The molecule has 0 aromatic heterocycles. The minimum absolute atomic E-state index is 0.0880. The minimum atomic E-state index is -0.275. The van der Waals surface area contributed by atoms with Crippen LogP contribution in [0, 0.1) is 23.2 Å². The molecule has 0 N–H and O–H groups in total. The van der Waals surface area contributed by atoms with Gasteiger partial charge in [0.15, 0.2) is 0 Å². The van der Waals surface area contributed by atoms with Crippen molar-refractivity contribution in [2.45, 2.75) is 83.2 Å². The van der Waals surface area contributed by atoms with Crippen LogP contribution in [-0.4, -0.2) is 43.7 Å². The molecule has 1 heterocycles. The highest BCUT2D eigenvalue weighted by Crippen LogP contribution is 2.66. The van der Waals surface area contributed by atoms with E-state index < -0.39 is 0 Å². The maximum atomic E-state index is 13.3. The van der Waals surface area contributed by atoms with Crippen LogP contribution >= 0.6 is 0 Å². The predicted octanol–water partition coefficient (Wildman–Crippen LogP) is 5.59. The van der Waals surface area contributed by atoms with Crippen LogP contribution in [0.3, 0.4) is 0 Å². The number of hydrogen-bond acceptors (Lipinski definition) is 4. The highest BCUT2D eigenvalue weighted by atomic mass is 16.6. The van der Waals surface area contributed by atoms with Crippen LogP contribution in [0.2, 0.25) is 0 Å². The van der Waals surface area contributed by atoms with E-state index >= 15 is 0 Å². The smallest absolute Gasteiger partial charge is 0.309 e. The van der Waals surface area contributed by atoms with E-state index in [0.29, 0.717) is 17.8 Å². The first-order valence-corrected chi connectivity index (χ1v) is 13.0. The van der Waals surface area contributed by atoms with Crippen molar-refractivity contribution >= 4 is 5.97 Å². The summed E-state index contributed by atoms with van der Waals surface area (Å²) in [6, 6.07) is 6.73. The van der Waals surface area contributed by atoms with Crippen molar-refractivity contribution in [3.63, 3.8) is 0 Å². The van der Waals surface area contributed by atoms with Crippen LogP contribution in [0.5, 0.6) is 5.75 Å². The first-order valence-electron chi connectivity index (χ1n) is 13.0. The highest BCUT2D eigenvalue weighted by Gasteiger charge is 2.63. The zero-order valence-electron chi connectivity index (χ0n) is 20.5. The highest BCUT2D eigenvalue weighted by molar-refractivity contribution is 5.73. The maximum Gasteiger partial charge on any atom is 0.309 e. The van der Waals surface area contributed by atoms with Gasteiger partial charge in [-0.1, -0.05) is 19.9 Å². The van der Waals surface area contributed by atoms with Crippen LogP contribution in [0.4, 0.5) is 0 Å².